The summed E-state index contributed by atoms with van der Waals surface area (Å²) in [6.07, 6.45) is 3.67. The molecule has 0 bridgehead atoms. The van der Waals surface area contributed by atoms with Gasteiger partial charge in [-0.15, -0.1) is 0 Å². The van der Waals surface area contributed by atoms with E-state index in [0.29, 0.717) is 13.0 Å². The van der Waals surface area contributed by atoms with Gasteiger partial charge in [-0.25, -0.2) is 0 Å². The van der Waals surface area contributed by atoms with Crippen molar-refractivity contribution in [2.75, 3.05) is 13.2 Å². The molecule has 1 aromatic heterocycles. The maximum atomic E-state index is 11.9. The second-order valence-electron chi connectivity index (χ2n) is 5.21. The number of aliphatic hydroxyl groups is 1. The molecule has 4 atom stereocenters. The molecule has 2 saturated heterocycles. The lowest BCUT2D eigenvalue weighted by atomic mass is 10.1. The number of hydrogen-bond acceptors (Lipinski definition) is 5. The van der Waals surface area contributed by atoms with Crippen molar-refractivity contribution >= 4 is 5.91 Å². The van der Waals surface area contributed by atoms with Gasteiger partial charge in [-0.2, -0.15) is 5.10 Å². The number of aryl methyl sites for hydroxylation is 1. The molecule has 7 nitrogen and oxygen atoms in total. The van der Waals surface area contributed by atoms with Crippen LogP contribution in [-0.2, 0) is 20.8 Å². The lowest BCUT2D eigenvalue weighted by Crippen LogP contribution is -2.44. The Morgan fingerprint density at radius 3 is 3.05 bits per heavy atom. The standard InChI is InChI=1S/C13H19N3O4/c17-10-8-20-12-9(7-19-13(10)12)15-11(18)3-1-5-16-6-2-4-14-16/h2,4,6,9-10,12-13,17H,1,3,5,7-8H2,(H,15,18)/t9-,10-,12-,13-/m1/s1. The summed E-state index contributed by atoms with van der Waals surface area (Å²) >= 11 is 0. The molecule has 2 aliphatic rings. The van der Waals surface area contributed by atoms with E-state index in [1.165, 1.54) is 0 Å². The average Bonchev–Trinajstić information content (AvgIpc) is 3.11. The minimum absolute atomic E-state index is 0.0172. The zero-order valence-corrected chi connectivity index (χ0v) is 11.1. The van der Waals surface area contributed by atoms with Crippen molar-refractivity contribution in [3.63, 3.8) is 0 Å². The van der Waals surface area contributed by atoms with Crippen LogP contribution in [0.15, 0.2) is 18.5 Å². The van der Waals surface area contributed by atoms with E-state index in [2.05, 4.69) is 10.4 Å². The van der Waals surface area contributed by atoms with Crippen molar-refractivity contribution in [1.82, 2.24) is 15.1 Å². The molecule has 3 heterocycles. The van der Waals surface area contributed by atoms with Gasteiger partial charge < -0.3 is 19.9 Å². The molecule has 0 spiro atoms. The maximum Gasteiger partial charge on any atom is 0.220 e. The van der Waals surface area contributed by atoms with Crippen LogP contribution in [0, 0.1) is 0 Å². The molecule has 2 fully saturated rings. The Balaban J connectivity index is 1.41. The van der Waals surface area contributed by atoms with Crippen molar-refractivity contribution in [3.05, 3.63) is 18.5 Å². The molecule has 0 unspecified atom stereocenters. The van der Waals surface area contributed by atoms with E-state index in [1.54, 1.807) is 10.9 Å². The molecule has 7 heteroatoms. The summed E-state index contributed by atoms with van der Waals surface area (Å²) in [6, 6.07) is 1.70. The first kappa shape index (κ1) is 13.5. The van der Waals surface area contributed by atoms with Crippen LogP contribution in [0.25, 0.3) is 0 Å². The van der Waals surface area contributed by atoms with Gasteiger partial charge in [0.2, 0.25) is 5.91 Å². The summed E-state index contributed by atoms with van der Waals surface area (Å²) in [7, 11) is 0. The molecule has 1 aromatic rings. The predicted octanol–water partition coefficient (Wildman–Crippen LogP) is -0.693. The van der Waals surface area contributed by atoms with E-state index < -0.39 is 6.10 Å². The summed E-state index contributed by atoms with van der Waals surface area (Å²) < 4.78 is 12.7. The Labute approximate surface area is 116 Å². The van der Waals surface area contributed by atoms with Gasteiger partial charge in [-0.1, -0.05) is 0 Å². The number of ether oxygens (including phenoxy) is 2. The van der Waals surface area contributed by atoms with Gasteiger partial charge in [-0.05, 0) is 12.5 Å². The molecule has 1 amide bonds. The van der Waals surface area contributed by atoms with Gasteiger partial charge >= 0.3 is 0 Å². The fourth-order valence-corrected chi connectivity index (χ4v) is 2.72. The highest BCUT2D eigenvalue weighted by Gasteiger charge is 2.47. The highest BCUT2D eigenvalue weighted by atomic mass is 16.6. The Kier molecular flexibility index (Phi) is 4.00. The third-order valence-electron chi connectivity index (χ3n) is 3.72. The third kappa shape index (κ3) is 2.84. The first-order valence-electron chi connectivity index (χ1n) is 6.92. The van der Waals surface area contributed by atoms with Crippen molar-refractivity contribution in [2.45, 2.75) is 43.7 Å². The number of aliphatic hydroxyl groups excluding tert-OH is 1. The number of fused-ring (bicyclic) bond motifs is 1. The maximum absolute atomic E-state index is 11.9. The molecule has 0 saturated carbocycles. The van der Waals surface area contributed by atoms with Crippen LogP contribution in [0.5, 0.6) is 0 Å². The summed E-state index contributed by atoms with van der Waals surface area (Å²) in [4.78, 5) is 11.9. The number of nitrogens with one attached hydrogen (secondary N) is 1. The molecular formula is C13H19N3O4. The van der Waals surface area contributed by atoms with Crippen LogP contribution in [0.1, 0.15) is 12.8 Å². The number of amides is 1. The van der Waals surface area contributed by atoms with E-state index in [4.69, 9.17) is 9.47 Å². The van der Waals surface area contributed by atoms with E-state index in [0.717, 1.165) is 13.0 Å². The smallest absolute Gasteiger partial charge is 0.220 e. The molecule has 0 radical (unpaired) electrons. The summed E-state index contributed by atoms with van der Waals surface area (Å²) in [6.45, 7) is 1.40. The number of carbonyl (C=O) groups is 1. The second-order valence-corrected chi connectivity index (χ2v) is 5.21. The van der Waals surface area contributed by atoms with Crippen LogP contribution in [-0.4, -0.2) is 58.4 Å². The van der Waals surface area contributed by atoms with Crippen LogP contribution in [0.3, 0.4) is 0 Å². The first-order valence-corrected chi connectivity index (χ1v) is 6.92. The van der Waals surface area contributed by atoms with Crippen LogP contribution in [0.4, 0.5) is 0 Å². The van der Waals surface area contributed by atoms with E-state index in [1.807, 2.05) is 12.3 Å². The highest BCUT2D eigenvalue weighted by Crippen LogP contribution is 2.26. The second kappa shape index (κ2) is 5.90. The van der Waals surface area contributed by atoms with Gasteiger partial charge in [0.25, 0.3) is 0 Å². The minimum atomic E-state index is -0.582. The zero-order chi connectivity index (χ0) is 13.9. The Morgan fingerprint density at radius 2 is 2.25 bits per heavy atom. The summed E-state index contributed by atoms with van der Waals surface area (Å²) in [5, 5.41) is 16.6. The lowest BCUT2D eigenvalue weighted by molar-refractivity contribution is -0.122. The molecule has 20 heavy (non-hydrogen) atoms. The molecule has 2 aliphatic heterocycles. The third-order valence-corrected chi connectivity index (χ3v) is 3.72. The van der Waals surface area contributed by atoms with Gasteiger partial charge in [-0.3, -0.25) is 9.48 Å². The van der Waals surface area contributed by atoms with Crippen molar-refractivity contribution in [2.24, 2.45) is 0 Å². The monoisotopic (exact) mass is 281 g/mol. The normalized spacial score (nSPS) is 32.2. The number of rotatable bonds is 5. The SMILES string of the molecule is O=C(CCCn1cccn1)N[C@@H]1CO[C@H]2[C@@H]1OC[C@H]2O. The number of nitrogens with zero attached hydrogens (tertiary/aromatic N) is 2. The van der Waals surface area contributed by atoms with E-state index in [9.17, 15) is 9.90 Å². The number of carbonyl (C=O) groups excluding carboxylic acids is 1. The van der Waals surface area contributed by atoms with Crippen molar-refractivity contribution in [3.8, 4) is 0 Å². The van der Waals surface area contributed by atoms with Crippen LogP contribution < -0.4 is 5.32 Å². The summed E-state index contributed by atoms with van der Waals surface area (Å²) in [5.41, 5.74) is 0. The van der Waals surface area contributed by atoms with Crippen molar-refractivity contribution in [1.29, 1.82) is 0 Å². The molecule has 2 N–H and O–H groups in total. The van der Waals surface area contributed by atoms with E-state index in [-0.39, 0.29) is 30.8 Å². The van der Waals surface area contributed by atoms with Gasteiger partial charge in [0, 0.05) is 25.4 Å². The Bertz CT molecular complexity index is 450. The average molecular weight is 281 g/mol. The topological polar surface area (TPSA) is 85.6 Å². The minimum Gasteiger partial charge on any atom is -0.388 e. The van der Waals surface area contributed by atoms with Gasteiger partial charge in [0.1, 0.15) is 18.3 Å². The molecule has 3 rings (SSSR count). The Hall–Kier alpha value is -1.44. The molecule has 0 aliphatic carbocycles. The fraction of sp³-hybridized carbons (Fsp3) is 0.692. The Morgan fingerprint density at radius 1 is 1.40 bits per heavy atom. The van der Waals surface area contributed by atoms with Gasteiger partial charge in [0.05, 0.1) is 19.3 Å². The van der Waals surface area contributed by atoms with Crippen LogP contribution in [0.2, 0.25) is 0 Å². The molecule has 110 valence electrons. The quantitative estimate of drug-likeness (QED) is 0.746. The van der Waals surface area contributed by atoms with E-state index >= 15 is 0 Å². The summed E-state index contributed by atoms with van der Waals surface area (Å²) in [5.74, 6) is -0.0172. The lowest BCUT2D eigenvalue weighted by Gasteiger charge is -2.17. The zero-order valence-electron chi connectivity index (χ0n) is 11.1. The van der Waals surface area contributed by atoms with Crippen molar-refractivity contribution < 1.29 is 19.4 Å². The molecule has 0 aromatic carbocycles. The highest BCUT2D eigenvalue weighted by molar-refractivity contribution is 5.76. The fourth-order valence-electron chi connectivity index (χ4n) is 2.72. The van der Waals surface area contributed by atoms with Crippen LogP contribution >= 0.6 is 0 Å². The first-order chi connectivity index (χ1) is 9.74. The number of hydrogen-bond donors (Lipinski definition) is 2. The predicted molar refractivity (Wildman–Crippen MR) is 68.9 cm³/mol. The molecular weight excluding hydrogens is 262 g/mol. The largest absolute Gasteiger partial charge is 0.388 e. The number of aromatic nitrogens is 2. The van der Waals surface area contributed by atoms with Gasteiger partial charge in [0.15, 0.2) is 0 Å².